The second kappa shape index (κ2) is 3.66. The molecule has 0 spiro atoms. The lowest BCUT2D eigenvalue weighted by Crippen LogP contribution is -1.91. The summed E-state index contributed by atoms with van der Waals surface area (Å²) in [5.41, 5.74) is 3.58. The Bertz CT molecular complexity index is 671. The van der Waals surface area contributed by atoms with Gasteiger partial charge in [-0.2, -0.15) is 5.10 Å². The third-order valence-electron chi connectivity index (χ3n) is 2.61. The number of fused-ring (bicyclic) bond motifs is 1. The molecule has 0 amide bonds. The van der Waals surface area contributed by atoms with Crippen molar-refractivity contribution >= 4 is 5.65 Å². The van der Waals surface area contributed by atoms with Gasteiger partial charge in [0.1, 0.15) is 5.82 Å². The number of halogens is 1. The summed E-state index contributed by atoms with van der Waals surface area (Å²) in [5, 5.41) is 4.30. The molecule has 3 rings (SSSR count). The van der Waals surface area contributed by atoms with Crippen molar-refractivity contribution in [3.8, 4) is 11.1 Å². The smallest absolute Gasteiger partial charge is 0.155 e. The number of hydrogen-bond acceptors (Lipinski definition) is 2. The van der Waals surface area contributed by atoms with Crippen LogP contribution in [0.25, 0.3) is 16.8 Å². The molecule has 0 fully saturated rings. The van der Waals surface area contributed by atoms with Gasteiger partial charge in [0.05, 0.1) is 5.69 Å². The fraction of sp³-hybridized carbons (Fsp3) is 0.0769. The molecule has 0 saturated heterocycles. The highest BCUT2D eigenvalue weighted by Crippen LogP contribution is 2.19. The molecule has 3 aromatic rings. The highest BCUT2D eigenvalue weighted by Gasteiger charge is 2.02. The van der Waals surface area contributed by atoms with E-state index in [1.54, 1.807) is 22.8 Å². The minimum atomic E-state index is -0.238. The standard InChI is InChI=1S/C13H10FN3/c1-9-6-13-15-7-11(8-17(13)16-9)10-2-4-12(14)5-3-10/h2-8H,1H3. The topological polar surface area (TPSA) is 30.2 Å². The third-order valence-corrected chi connectivity index (χ3v) is 2.61. The van der Waals surface area contributed by atoms with Gasteiger partial charge in [0, 0.05) is 24.0 Å². The first-order chi connectivity index (χ1) is 8.22. The molecule has 0 unspecified atom stereocenters. The Hall–Kier alpha value is -2.23. The summed E-state index contributed by atoms with van der Waals surface area (Å²) in [7, 11) is 0. The second-order valence-corrected chi connectivity index (χ2v) is 3.94. The molecule has 1 aromatic carbocycles. The Morgan fingerprint density at radius 2 is 1.88 bits per heavy atom. The van der Waals surface area contributed by atoms with Gasteiger partial charge in [-0.15, -0.1) is 0 Å². The highest BCUT2D eigenvalue weighted by molar-refractivity contribution is 5.62. The van der Waals surface area contributed by atoms with Gasteiger partial charge < -0.3 is 0 Å². The zero-order valence-corrected chi connectivity index (χ0v) is 9.26. The molecule has 0 aliphatic carbocycles. The molecule has 17 heavy (non-hydrogen) atoms. The monoisotopic (exact) mass is 227 g/mol. The fourth-order valence-corrected chi connectivity index (χ4v) is 1.79. The van der Waals surface area contributed by atoms with Gasteiger partial charge in [0.15, 0.2) is 5.65 Å². The van der Waals surface area contributed by atoms with Crippen molar-refractivity contribution in [2.45, 2.75) is 6.92 Å². The van der Waals surface area contributed by atoms with Gasteiger partial charge in [-0.05, 0) is 24.6 Å². The van der Waals surface area contributed by atoms with Crippen LogP contribution in [0.1, 0.15) is 5.69 Å². The SMILES string of the molecule is Cc1cc2ncc(-c3ccc(F)cc3)cn2n1. The zero-order valence-electron chi connectivity index (χ0n) is 9.26. The molecule has 4 heteroatoms. The molecule has 2 aromatic heterocycles. The quantitative estimate of drug-likeness (QED) is 0.640. The van der Waals surface area contributed by atoms with Gasteiger partial charge in [0.25, 0.3) is 0 Å². The third kappa shape index (κ3) is 1.78. The Kier molecular flexibility index (Phi) is 2.14. The van der Waals surface area contributed by atoms with Crippen molar-refractivity contribution in [1.29, 1.82) is 0 Å². The van der Waals surface area contributed by atoms with Crippen molar-refractivity contribution in [1.82, 2.24) is 14.6 Å². The van der Waals surface area contributed by atoms with Crippen LogP contribution < -0.4 is 0 Å². The molecule has 0 bridgehead atoms. The van der Waals surface area contributed by atoms with Crippen LogP contribution in [0.4, 0.5) is 4.39 Å². The van der Waals surface area contributed by atoms with Crippen LogP contribution in [-0.2, 0) is 0 Å². The number of hydrogen-bond donors (Lipinski definition) is 0. The molecule has 2 heterocycles. The summed E-state index contributed by atoms with van der Waals surface area (Å²) in [4.78, 5) is 4.31. The molecule has 0 atom stereocenters. The predicted molar refractivity (Wildman–Crippen MR) is 63.1 cm³/mol. The van der Waals surface area contributed by atoms with E-state index >= 15 is 0 Å². The van der Waals surface area contributed by atoms with Gasteiger partial charge in [-0.1, -0.05) is 12.1 Å². The van der Waals surface area contributed by atoms with E-state index in [0.29, 0.717) is 0 Å². The van der Waals surface area contributed by atoms with Crippen molar-refractivity contribution in [2.24, 2.45) is 0 Å². The summed E-state index contributed by atoms with van der Waals surface area (Å²) in [6.45, 7) is 1.92. The van der Waals surface area contributed by atoms with Crippen LogP contribution >= 0.6 is 0 Å². The van der Waals surface area contributed by atoms with E-state index in [4.69, 9.17) is 0 Å². The number of benzene rings is 1. The lowest BCUT2D eigenvalue weighted by Gasteiger charge is -2.01. The lowest BCUT2D eigenvalue weighted by atomic mass is 10.1. The Morgan fingerprint density at radius 1 is 1.12 bits per heavy atom. The molecule has 0 saturated carbocycles. The average Bonchev–Trinajstić information content (AvgIpc) is 2.69. The van der Waals surface area contributed by atoms with Crippen LogP contribution in [0.2, 0.25) is 0 Å². The minimum Gasteiger partial charge on any atom is -0.236 e. The van der Waals surface area contributed by atoms with Crippen molar-refractivity contribution in [3.63, 3.8) is 0 Å². The Morgan fingerprint density at radius 3 is 2.65 bits per heavy atom. The molecular weight excluding hydrogens is 217 g/mol. The average molecular weight is 227 g/mol. The van der Waals surface area contributed by atoms with Crippen molar-refractivity contribution in [3.05, 3.63) is 54.2 Å². The van der Waals surface area contributed by atoms with Gasteiger partial charge in [0.2, 0.25) is 0 Å². The number of rotatable bonds is 1. The van der Waals surface area contributed by atoms with E-state index in [1.165, 1.54) is 12.1 Å². The van der Waals surface area contributed by atoms with Crippen molar-refractivity contribution < 1.29 is 4.39 Å². The molecule has 0 radical (unpaired) electrons. The first-order valence-electron chi connectivity index (χ1n) is 5.30. The van der Waals surface area contributed by atoms with E-state index in [1.807, 2.05) is 19.2 Å². The van der Waals surface area contributed by atoms with Crippen LogP contribution in [0.5, 0.6) is 0 Å². The molecular formula is C13H10FN3. The predicted octanol–water partition coefficient (Wildman–Crippen LogP) is 2.84. The van der Waals surface area contributed by atoms with E-state index in [9.17, 15) is 4.39 Å². The van der Waals surface area contributed by atoms with Crippen LogP contribution in [-0.4, -0.2) is 14.6 Å². The van der Waals surface area contributed by atoms with E-state index < -0.39 is 0 Å². The number of nitrogens with zero attached hydrogens (tertiary/aromatic N) is 3. The molecule has 84 valence electrons. The van der Waals surface area contributed by atoms with Gasteiger partial charge in [-0.3, -0.25) is 0 Å². The van der Waals surface area contributed by atoms with E-state index in [0.717, 1.165) is 22.5 Å². The number of aryl methyl sites for hydroxylation is 1. The summed E-state index contributed by atoms with van der Waals surface area (Å²) >= 11 is 0. The minimum absolute atomic E-state index is 0.238. The van der Waals surface area contributed by atoms with E-state index in [-0.39, 0.29) is 5.82 Å². The molecule has 0 N–H and O–H groups in total. The summed E-state index contributed by atoms with van der Waals surface area (Å²) in [6, 6.07) is 8.25. The summed E-state index contributed by atoms with van der Waals surface area (Å²) < 4.78 is 14.6. The van der Waals surface area contributed by atoms with E-state index in [2.05, 4.69) is 10.1 Å². The van der Waals surface area contributed by atoms with Crippen LogP contribution in [0.3, 0.4) is 0 Å². The first kappa shape index (κ1) is 9.96. The normalized spacial score (nSPS) is 10.9. The Balaban J connectivity index is 2.13. The summed E-state index contributed by atoms with van der Waals surface area (Å²) in [6.07, 6.45) is 3.66. The molecule has 3 nitrogen and oxygen atoms in total. The maximum atomic E-state index is 12.8. The van der Waals surface area contributed by atoms with Crippen molar-refractivity contribution in [2.75, 3.05) is 0 Å². The molecule has 0 aliphatic heterocycles. The second-order valence-electron chi connectivity index (χ2n) is 3.94. The van der Waals surface area contributed by atoms with Gasteiger partial charge in [-0.25, -0.2) is 13.9 Å². The first-order valence-corrected chi connectivity index (χ1v) is 5.30. The largest absolute Gasteiger partial charge is 0.236 e. The zero-order chi connectivity index (χ0) is 11.8. The van der Waals surface area contributed by atoms with Crippen LogP contribution in [0.15, 0.2) is 42.7 Å². The molecule has 0 aliphatic rings. The maximum Gasteiger partial charge on any atom is 0.155 e. The fourth-order valence-electron chi connectivity index (χ4n) is 1.79. The number of aromatic nitrogens is 3. The maximum absolute atomic E-state index is 12.8. The van der Waals surface area contributed by atoms with Gasteiger partial charge >= 0.3 is 0 Å². The Labute approximate surface area is 97.5 Å². The summed E-state index contributed by atoms with van der Waals surface area (Å²) in [5.74, 6) is -0.238. The highest BCUT2D eigenvalue weighted by atomic mass is 19.1. The van der Waals surface area contributed by atoms with Crippen LogP contribution in [0, 0.1) is 12.7 Å². The lowest BCUT2D eigenvalue weighted by molar-refractivity contribution is 0.628.